The summed E-state index contributed by atoms with van der Waals surface area (Å²) >= 11 is 0. The number of carboxylic acids is 1. The molecule has 0 aliphatic heterocycles. The summed E-state index contributed by atoms with van der Waals surface area (Å²) in [6.07, 6.45) is -1.34. The van der Waals surface area contributed by atoms with Gasteiger partial charge in [-0.2, -0.15) is 0 Å². The molecule has 0 heterocycles. The maximum atomic E-state index is 11.9. The number of aliphatic carboxylic acids is 1. The van der Waals surface area contributed by atoms with Gasteiger partial charge in [-0.15, -0.1) is 0 Å². The average molecular weight is 307 g/mol. The van der Waals surface area contributed by atoms with E-state index in [1.54, 1.807) is 31.2 Å². The summed E-state index contributed by atoms with van der Waals surface area (Å²) in [4.78, 5) is 34.5. The lowest BCUT2D eigenvalue weighted by Crippen LogP contribution is -2.44. The van der Waals surface area contributed by atoms with Gasteiger partial charge in [0.1, 0.15) is 5.54 Å². The van der Waals surface area contributed by atoms with Crippen molar-refractivity contribution in [2.75, 3.05) is 0 Å². The summed E-state index contributed by atoms with van der Waals surface area (Å²) in [6, 6.07) is 6.86. The molecule has 1 atom stereocenters. The molecule has 1 aliphatic carbocycles. The molecule has 0 radical (unpaired) electrons. The van der Waals surface area contributed by atoms with E-state index in [4.69, 9.17) is 14.6 Å². The number of carbonyl (C=O) groups is 3. The van der Waals surface area contributed by atoms with Gasteiger partial charge in [-0.1, -0.05) is 18.2 Å². The van der Waals surface area contributed by atoms with Gasteiger partial charge in [-0.05, 0) is 31.4 Å². The molecule has 7 heteroatoms. The molecule has 7 nitrogen and oxygen atoms in total. The molecule has 0 saturated heterocycles. The van der Waals surface area contributed by atoms with Crippen molar-refractivity contribution in [3.63, 3.8) is 0 Å². The first-order valence-corrected chi connectivity index (χ1v) is 6.83. The monoisotopic (exact) mass is 307 g/mol. The highest BCUT2D eigenvalue weighted by Gasteiger charge is 2.52. The number of amides is 1. The average Bonchev–Trinajstić information content (AvgIpc) is 3.19. The molecule has 118 valence electrons. The number of nitrogens with one attached hydrogen (secondary N) is 1. The van der Waals surface area contributed by atoms with Crippen molar-refractivity contribution in [3.8, 4) is 0 Å². The fourth-order valence-corrected chi connectivity index (χ4v) is 1.93. The van der Waals surface area contributed by atoms with Gasteiger partial charge in [0.05, 0.1) is 5.56 Å². The summed E-state index contributed by atoms with van der Waals surface area (Å²) in [7, 11) is 0. The number of rotatable bonds is 5. The lowest BCUT2D eigenvalue weighted by Gasteiger charge is -2.17. The molecule has 1 aliphatic rings. The van der Waals surface area contributed by atoms with Crippen LogP contribution >= 0.6 is 0 Å². The second-order valence-electron chi connectivity index (χ2n) is 5.21. The van der Waals surface area contributed by atoms with Gasteiger partial charge in [0, 0.05) is 6.92 Å². The summed E-state index contributed by atoms with van der Waals surface area (Å²) < 4.78 is 9.87. The molecule has 1 saturated carbocycles. The van der Waals surface area contributed by atoms with Crippen LogP contribution in [0.15, 0.2) is 24.3 Å². The number of esters is 1. The maximum absolute atomic E-state index is 11.9. The number of carbonyl (C=O) groups excluding carboxylic acids is 2. The fraction of sp³-hybridized carbons (Fsp3) is 0.400. The fourth-order valence-electron chi connectivity index (χ4n) is 1.93. The van der Waals surface area contributed by atoms with E-state index < -0.39 is 29.9 Å². The molecule has 2 rings (SSSR count). The van der Waals surface area contributed by atoms with E-state index in [0.717, 1.165) is 5.56 Å². The van der Waals surface area contributed by atoms with E-state index in [1.165, 1.54) is 6.92 Å². The van der Waals surface area contributed by atoms with Crippen LogP contribution in [0.1, 0.15) is 35.7 Å². The highest BCUT2D eigenvalue weighted by molar-refractivity contribution is 5.91. The van der Waals surface area contributed by atoms with Gasteiger partial charge in [0.15, 0.2) is 0 Å². The molecular formula is C15H17NO6. The minimum Gasteiger partial charge on any atom is -0.480 e. The first kappa shape index (κ1) is 15.8. The van der Waals surface area contributed by atoms with E-state index in [2.05, 4.69) is 5.32 Å². The van der Waals surface area contributed by atoms with Gasteiger partial charge in [0.25, 0.3) is 0 Å². The largest absolute Gasteiger partial charge is 0.480 e. The topological polar surface area (TPSA) is 102 Å². The Bertz CT molecular complexity index is 608. The highest BCUT2D eigenvalue weighted by Crippen LogP contribution is 2.35. The zero-order chi connectivity index (χ0) is 16.3. The van der Waals surface area contributed by atoms with E-state index >= 15 is 0 Å². The molecule has 1 unspecified atom stereocenters. The lowest BCUT2D eigenvalue weighted by molar-refractivity contribution is -0.141. The quantitative estimate of drug-likeness (QED) is 0.635. The van der Waals surface area contributed by atoms with Crippen LogP contribution in [0.5, 0.6) is 0 Å². The first-order valence-electron chi connectivity index (χ1n) is 6.83. The molecule has 1 aromatic rings. The van der Waals surface area contributed by atoms with Crippen molar-refractivity contribution in [2.24, 2.45) is 0 Å². The highest BCUT2D eigenvalue weighted by atomic mass is 16.7. The Morgan fingerprint density at radius 1 is 1.23 bits per heavy atom. The van der Waals surface area contributed by atoms with Crippen molar-refractivity contribution in [1.29, 1.82) is 0 Å². The Balaban J connectivity index is 1.86. The van der Waals surface area contributed by atoms with E-state index in [-0.39, 0.29) is 0 Å². The lowest BCUT2D eigenvalue weighted by atomic mass is 10.1. The van der Waals surface area contributed by atoms with E-state index in [9.17, 15) is 14.4 Å². The van der Waals surface area contributed by atoms with Gasteiger partial charge in [-0.25, -0.2) is 14.4 Å². The van der Waals surface area contributed by atoms with Crippen molar-refractivity contribution in [1.82, 2.24) is 5.32 Å². The standard InChI is InChI=1S/C15H17NO6/c1-9-5-3-4-6-11(9)12(17)21-10(2)22-14(20)16-15(7-8-15)13(18)19/h3-6,10H,7-8H2,1-2H3,(H,16,20)(H,18,19). The number of ether oxygens (including phenoxy) is 2. The Morgan fingerprint density at radius 2 is 1.86 bits per heavy atom. The Labute approximate surface area is 127 Å². The third-order valence-corrected chi connectivity index (χ3v) is 3.41. The van der Waals surface area contributed by atoms with E-state index in [0.29, 0.717) is 18.4 Å². The van der Waals surface area contributed by atoms with Gasteiger partial charge in [-0.3, -0.25) is 0 Å². The number of hydrogen-bond acceptors (Lipinski definition) is 5. The Kier molecular flexibility index (Phi) is 4.35. The number of hydrogen-bond donors (Lipinski definition) is 2. The van der Waals surface area contributed by atoms with E-state index in [1.807, 2.05) is 0 Å². The minimum absolute atomic E-state index is 0.356. The van der Waals surface area contributed by atoms with Crippen molar-refractivity contribution in [3.05, 3.63) is 35.4 Å². The third-order valence-electron chi connectivity index (χ3n) is 3.41. The maximum Gasteiger partial charge on any atom is 0.411 e. The second kappa shape index (κ2) is 6.05. The molecule has 0 bridgehead atoms. The minimum atomic E-state index is -1.24. The summed E-state index contributed by atoms with van der Waals surface area (Å²) in [5.74, 6) is -1.72. The van der Waals surface area contributed by atoms with Crippen molar-refractivity contribution in [2.45, 2.75) is 38.5 Å². The third kappa shape index (κ3) is 3.55. The van der Waals surface area contributed by atoms with Crippen LogP contribution in [-0.2, 0) is 14.3 Å². The molecule has 1 amide bonds. The molecule has 1 fully saturated rings. The Hall–Kier alpha value is -2.57. The van der Waals surface area contributed by atoms with Crippen LogP contribution in [0.3, 0.4) is 0 Å². The number of aryl methyl sites for hydroxylation is 1. The summed E-state index contributed by atoms with van der Waals surface area (Å²) in [5, 5.41) is 11.2. The van der Waals surface area contributed by atoms with Crippen LogP contribution in [0.25, 0.3) is 0 Å². The molecule has 22 heavy (non-hydrogen) atoms. The Morgan fingerprint density at radius 3 is 2.41 bits per heavy atom. The SMILES string of the molecule is Cc1ccccc1C(=O)OC(C)OC(=O)NC1(C(=O)O)CC1. The van der Waals surface area contributed by atoms with Crippen molar-refractivity contribution >= 4 is 18.0 Å². The normalized spacial score (nSPS) is 16.3. The van der Waals surface area contributed by atoms with Gasteiger partial charge in [0.2, 0.25) is 6.29 Å². The second-order valence-corrected chi connectivity index (χ2v) is 5.21. The molecule has 0 aromatic heterocycles. The predicted octanol–water partition coefficient (Wildman–Crippen LogP) is 1.84. The van der Waals surface area contributed by atoms with Crippen LogP contribution in [0.2, 0.25) is 0 Å². The first-order chi connectivity index (χ1) is 10.3. The number of carboxylic acid groups (broad SMARTS) is 1. The smallest absolute Gasteiger partial charge is 0.411 e. The summed E-state index contributed by atoms with van der Waals surface area (Å²) in [5.41, 5.74) is -0.119. The zero-order valence-corrected chi connectivity index (χ0v) is 12.3. The van der Waals surface area contributed by atoms with Gasteiger partial charge >= 0.3 is 18.0 Å². The van der Waals surface area contributed by atoms with Gasteiger partial charge < -0.3 is 19.9 Å². The zero-order valence-electron chi connectivity index (χ0n) is 12.3. The van der Waals surface area contributed by atoms with Crippen LogP contribution in [0.4, 0.5) is 4.79 Å². The number of benzene rings is 1. The molecule has 1 aromatic carbocycles. The molecular weight excluding hydrogens is 290 g/mol. The van der Waals surface area contributed by atoms with Crippen molar-refractivity contribution < 1.29 is 29.0 Å². The predicted molar refractivity (Wildman–Crippen MR) is 75.3 cm³/mol. The van der Waals surface area contributed by atoms with Crippen LogP contribution < -0.4 is 5.32 Å². The van der Waals surface area contributed by atoms with Crippen LogP contribution in [0, 0.1) is 6.92 Å². The van der Waals surface area contributed by atoms with Crippen LogP contribution in [-0.4, -0.2) is 35.0 Å². The number of alkyl carbamates (subject to hydrolysis) is 1. The molecule has 0 spiro atoms. The summed E-state index contributed by atoms with van der Waals surface area (Å²) in [6.45, 7) is 3.15. The molecule has 2 N–H and O–H groups in total.